The lowest BCUT2D eigenvalue weighted by Crippen LogP contribution is -2.25. The minimum Gasteiger partial charge on any atom is -0.497 e. The van der Waals surface area contributed by atoms with Crippen LogP contribution in [-0.4, -0.2) is 28.9 Å². The van der Waals surface area contributed by atoms with Gasteiger partial charge in [-0.05, 0) is 67.4 Å². The maximum atomic E-state index is 11.4. The quantitative estimate of drug-likeness (QED) is 0.289. The van der Waals surface area contributed by atoms with Crippen LogP contribution >= 0.6 is 11.6 Å². The molecule has 0 aliphatic heterocycles. The lowest BCUT2D eigenvalue weighted by Gasteiger charge is -2.15. The largest absolute Gasteiger partial charge is 0.497 e. The highest BCUT2D eigenvalue weighted by Gasteiger charge is 2.19. The molecule has 0 aliphatic rings. The lowest BCUT2D eigenvalue weighted by atomic mass is 10.2. The summed E-state index contributed by atoms with van der Waals surface area (Å²) in [6, 6.07) is 20.6. The van der Waals surface area contributed by atoms with Crippen LogP contribution in [-0.2, 0) is 11.3 Å². The molecule has 0 spiro atoms. The maximum absolute atomic E-state index is 11.4. The van der Waals surface area contributed by atoms with Crippen molar-refractivity contribution in [1.82, 2.24) is 4.57 Å². The fourth-order valence-electron chi connectivity index (χ4n) is 3.88. The summed E-state index contributed by atoms with van der Waals surface area (Å²) in [5, 5.41) is 10.9. The second kappa shape index (κ2) is 10.1. The summed E-state index contributed by atoms with van der Waals surface area (Å²) < 4.78 is 19.6. The number of hydrogen-bond acceptors (Lipinski definition) is 4. The predicted octanol–water partition coefficient (Wildman–Crippen LogP) is 6.69. The van der Waals surface area contributed by atoms with Crippen molar-refractivity contribution in [2.45, 2.75) is 32.9 Å². The summed E-state index contributed by atoms with van der Waals surface area (Å²) in [5.74, 6) is 1.74. The first-order valence-corrected chi connectivity index (χ1v) is 11.4. The fourth-order valence-corrected chi connectivity index (χ4v) is 4.00. The zero-order valence-electron chi connectivity index (χ0n) is 19.2. The molecule has 1 heterocycles. The number of carboxylic acid groups (broad SMARTS) is 1. The van der Waals surface area contributed by atoms with Crippen LogP contribution in [0.2, 0.25) is 5.02 Å². The topological polar surface area (TPSA) is 69.9 Å². The molecule has 1 atom stereocenters. The molecule has 0 saturated carbocycles. The van der Waals surface area contributed by atoms with Gasteiger partial charge in [0.05, 0.1) is 18.3 Å². The zero-order chi connectivity index (χ0) is 24.2. The maximum Gasteiger partial charge on any atom is 0.344 e. The van der Waals surface area contributed by atoms with Crippen molar-refractivity contribution in [2.24, 2.45) is 0 Å². The Hall–Kier alpha value is -3.64. The number of carbonyl (C=O) groups is 1. The summed E-state index contributed by atoms with van der Waals surface area (Å²) >= 11 is 6.02. The van der Waals surface area contributed by atoms with Crippen LogP contribution < -0.4 is 14.2 Å². The van der Waals surface area contributed by atoms with Crippen LogP contribution in [0.5, 0.6) is 23.0 Å². The van der Waals surface area contributed by atoms with Crippen molar-refractivity contribution < 1.29 is 24.1 Å². The van der Waals surface area contributed by atoms with Crippen LogP contribution in [0.1, 0.15) is 24.6 Å². The summed E-state index contributed by atoms with van der Waals surface area (Å²) in [6.07, 6.45) is -0.500. The Balaban J connectivity index is 1.72. The lowest BCUT2D eigenvalue weighted by molar-refractivity contribution is -0.145. The number of halogens is 1. The van der Waals surface area contributed by atoms with Gasteiger partial charge in [-0.15, -0.1) is 0 Å². The van der Waals surface area contributed by atoms with Crippen LogP contribution in [0.25, 0.3) is 10.9 Å². The van der Waals surface area contributed by atoms with E-state index in [0.29, 0.717) is 29.5 Å². The third kappa shape index (κ3) is 4.97. The van der Waals surface area contributed by atoms with Crippen molar-refractivity contribution in [1.29, 1.82) is 0 Å². The van der Waals surface area contributed by atoms with Gasteiger partial charge < -0.3 is 23.9 Å². The molecule has 1 aromatic heterocycles. The molecular formula is C27H26ClNO5. The molecule has 4 rings (SSSR count). The van der Waals surface area contributed by atoms with E-state index in [4.69, 9.17) is 25.8 Å². The second-order valence-electron chi connectivity index (χ2n) is 7.94. The summed E-state index contributed by atoms with van der Waals surface area (Å²) in [6.45, 7) is 4.34. The predicted molar refractivity (Wildman–Crippen MR) is 133 cm³/mol. The van der Waals surface area contributed by atoms with E-state index in [-0.39, 0.29) is 0 Å². The first-order chi connectivity index (χ1) is 16.4. The van der Waals surface area contributed by atoms with Crippen LogP contribution in [0.4, 0.5) is 0 Å². The van der Waals surface area contributed by atoms with E-state index in [1.54, 1.807) is 32.2 Å². The summed E-state index contributed by atoms with van der Waals surface area (Å²) in [5.41, 5.74) is 2.88. The molecule has 3 aromatic carbocycles. The molecule has 1 unspecified atom stereocenters. The molecule has 0 fully saturated rings. The molecule has 6 nitrogen and oxygen atoms in total. The number of rotatable bonds is 9. The van der Waals surface area contributed by atoms with Gasteiger partial charge in [-0.2, -0.15) is 0 Å². The van der Waals surface area contributed by atoms with Gasteiger partial charge >= 0.3 is 5.97 Å². The minimum atomic E-state index is -0.976. The molecule has 34 heavy (non-hydrogen) atoms. The van der Waals surface area contributed by atoms with Gasteiger partial charge in [-0.1, -0.05) is 30.7 Å². The van der Waals surface area contributed by atoms with E-state index in [1.165, 1.54) is 0 Å². The smallest absolute Gasteiger partial charge is 0.344 e. The molecule has 0 amide bonds. The number of benzene rings is 3. The summed E-state index contributed by atoms with van der Waals surface area (Å²) in [7, 11) is 1.64. The molecular weight excluding hydrogens is 454 g/mol. The van der Waals surface area contributed by atoms with Gasteiger partial charge in [0.25, 0.3) is 0 Å². The van der Waals surface area contributed by atoms with Crippen molar-refractivity contribution >= 4 is 28.5 Å². The van der Waals surface area contributed by atoms with Crippen molar-refractivity contribution in [3.63, 3.8) is 0 Å². The molecule has 176 valence electrons. The fraction of sp³-hybridized carbons (Fsp3) is 0.222. The van der Waals surface area contributed by atoms with Gasteiger partial charge in [0.1, 0.15) is 17.2 Å². The Morgan fingerprint density at radius 2 is 1.76 bits per heavy atom. The molecule has 0 radical (unpaired) electrons. The highest BCUT2D eigenvalue weighted by atomic mass is 35.5. The average Bonchev–Trinajstić information content (AvgIpc) is 3.09. The first-order valence-electron chi connectivity index (χ1n) is 11.0. The number of aromatic nitrogens is 1. The summed E-state index contributed by atoms with van der Waals surface area (Å²) in [4.78, 5) is 11.4. The second-order valence-corrected chi connectivity index (χ2v) is 8.38. The van der Waals surface area contributed by atoms with E-state index in [1.807, 2.05) is 55.5 Å². The number of aliphatic carboxylic acids is 1. The standard InChI is InChI=1S/C27H26ClNO5/c1-4-25(27(30)31)33-22-7-5-6-18(14-22)16-29-17(2)26(34-20-10-8-19(28)9-11-20)23-13-12-21(32-3)15-24(23)29/h5-15,25H,4,16H2,1-3H3,(H,30,31). The van der Waals surface area contributed by atoms with Gasteiger partial charge in [0.2, 0.25) is 0 Å². The van der Waals surface area contributed by atoms with E-state index in [0.717, 1.165) is 33.7 Å². The number of ether oxygens (including phenoxy) is 3. The van der Waals surface area contributed by atoms with Crippen molar-refractivity contribution in [2.75, 3.05) is 7.11 Å². The van der Waals surface area contributed by atoms with E-state index in [9.17, 15) is 9.90 Å². The Labute approximate surface area is 203 Å². The van der Waals surface area contributed by atoms with Crippen LogP contribution in [0.15, 0.2) is 66.7 Å². The van der Waals surface area contributed by atoms with Crippen LogP contribution in [0.3, 0.4) is 0 Å². The molecule has 0 saturated heterocycles. The third-order valence-electron chi connectivity index (χ3n) is 5.67. The van der Waals surface area contributed by atoms with Gasteiger partial charge in [-0.3, -0.25) is 0 Å². The number of carboxylic acids is 1. The molecule has 0 bridgehead atoms. The Morgan fingerprint density at radius 1 is 1.03 bits per heavy atom. The SMILES string of the molecule is CCC(Oc1cccc(Cn2c(C)c(Oc3ccc(Cl)cc3)c3ccc(OC)cc32)c1)C(=O)O. The van der Waals surface area contributed by atoms with Gasteiger partial charge in [0.15, 0.2) is 11.9 Å². The van der Waals surface area contributed by atoms with Crippen molar-refractivity contribution in [3.05, 3.63) is 83.0 Å². The van der Waals surface area contributed by atoms with Crippen molar-refractivity contribution in [3.8, 4) is 23.0 Å². The monoisotopic (exact) mass is 479 g/mol. The normalized spacial score (nSPS) is 11.9. The first kappa shape index (κ1) is 23.5. The molecule has 4 aromatic rings. The molecule has 7 heteroatoms. The number of nitrogens with zero attached hydrogens (tertiary/aromatic N) is 1. The van der Waals surface area contributed by atoms with E-state index in [2.05, 4.69) is 4.57 Å². The number of fused-ring (bicyclic) bond motifs is 1. The Kier molecular flexibility index (Phi) is 6.98. The average molecular weight is 480 g/mol. The third-order valence-corrected chi connectivity index (χ3v) is 5.92. The molecule has 1 N–H and O–H groups in total. The Bertz CT molecular complexity index is 1310. The van der Waals surface area contributed by atoms with Gasteiger partial charge in [0, 0.05) is 23.0 Å². The van der Waals surface area contributed by atoms with E-state index >= 15 is 0 Å². The Morgan fingerprint density at radius 3 is 2.44 bits per heavy atom. The number of methoxy groups -OCH3 is 1. The molecule has 0 aliphatic carbocycles. The highest BCUT2D eigenvalue weighted by molar-refractivity contribution is 6.30. The zero-order valence-corrected chi connectivity index (χ0v) is 20.0. The minimum absolute atomic E-state index is 0.381. The number of hydrogen-bond donors (Lipinski definition) is 1. The van der Waals surface area contributed by atoms with E-state index < -0.39 is 12.1 Å². The van der Waals surface area contributed by atoms with Gasteiger partial charge in [-0.25, -0.2) is 4.79 Å². The highest BCUT2D eigenvalue weighted by Crippen LogP contribution is 2.38. The van der Waals surface area contributed by atoms with Crippen LogP contribution in [0, 0.1) is 6.92 Å².